The van der Waals surface area contributed by atoms with E-state index >= 15 is 0 Å². The molecule has 0 aliphatic carbocycles. The highest BCUT2D eigenvalue weighted by Crippen LogP contribution is 2.28. The number of hydrogen-bond donors (Lipinski definition) is 1. The maximum absolute atomic E-state index is 13.3. The average Bonchev–Trinajstić information content (AvgIpc) is 2.68. The van der Waals surface area contributed by atoms with Gasteiger partial charge in [0.1, 0.15) is 0 Å². The fraction of sp³-hybridized carbons (Fsp3) is 0.619. The first-order chi connectivity index (χ1) is 12.4. The minimum absolute atomic E-state index is 0.153. The van der Waals surface area contributed by atoms with Gasteiger partial charge < -0.3 is 15.1 Å². The molecule has 1 unspecified atom stereocenters. The molecule has 2 saturated heterocycles. The van der Waals surface area contributed by atoms with Crippen LogP contribution in [-0.4, -0.2) is 60.4 Å². The van der Waals surface area contributed by atoms with E-state index in [1.807, 2.05) is 23.6 Å². The molecule has 2 aliphatic heterocycles. The number of hydrogen-bond acceptors (Lipinski definition) is 3. The number of nitrogens with zero attached hydrogens (tertiary/aromatic N) is 2. The van der Waals surface area contributed by atoms with Gasteiger partial charge in [-0.25, -0.2) is 0 Å². The van der Waals surface area contributed by atoms with Crippen LogP contribution in [-0.2, 0) is 21.4 Å². The van der Waals surface area contributed by atoms with Crippen LogP contribution in [0.2, 0.25) is 0 Å². The summed E-state index contributed by atoms with van der Waals surface area (Å²) in [5, 5.41) is 3.12. The number of aryl methyl sites for hydroxylation is 1. The maximum atomic E-state index is 13.3. The summed E-state index contributed by atoms with van der Waals surface area (Å²) >= 11 is 0. The smallest absolute Gasteiger partial charge is 0.236 e. The van der Waals surface area contributed by atoms with E-state index in [2.05, 4.69) is 36.5 Å². The lowest BCUT2D eigenvalue weighted by molar-refractivity contribution is -0.143. The van der Waals surface area contributed by atoms with E-state index in [9.17, 15) is 9.59 Å². The van der Waals surface area contributed by atoms with Crippen molar-refractivity contribution < 1.29 is 9.59 Å². The minimum atomic E-state index is -0.554. The van der Waals surface area contributed by atoms with E-state index in [0.29, 0.717) is 13.1 Å². The van der Waals surface area contributed by atoms with Crippen molar-refractivity contribution >= 4 is 11.8 Å². The van der Waals surface area contributed by atoms with E-state index < -0.39 is 5.41 Å². The molecule has 3 rings (SSSR count). The molecule has 0 spiro atoms. The molecule has 1 N–H and O–H groups in total. The van der Waals surface area contributed by atoms with E-state index in [1.54, 1.807) is 0 Å². The number of likely N-dealkylation sites (tertiary alicyclic amines) is 1. The summed E-state index contributed by atoms with van der Waals surface area (Å²) in [6, 6.07) is 8.54. The highest BCUT2D eigenvalue weighted by molar-refractivity contribution is 5.87. The summed E-state index contributed by atoms with van der Waals surface area (Å²) in [7, 11) is 0. The lowest BCUT2D eigenvalue weighted by atomic mass is 9.82. The average molecular weight is 357 g/mol. The molecule has 1 aromatic carbocycles. The van der Waals surface area contributed by atoms with Crippen LogP contribution in [0.4, 0.5) is 0 Å². The first kappa shape index (κ1) is 18.9. The SMILES string of the molecule is CCc1ccc(C(C)(C)C(=O)N2CCCC(N3CCNCC3=O)C2)cc1. The summed E-state index contributed by atoms with van der Waals surface area (Å²) in [5.41, 5.74) is 1.79. The Kier molecular flexibility index (Phi) is 5.66. The van der Waals surface area contributed by atoms with Crippen molar-refractivity contribution in [2.24, 2.45) is 0 Å². The summed E-state index contributed by atoms with van der Waals surface area (Å²) in [5.74, 6) is 0.319. The van der Waals surface area contributed by atoms with Crippen molar-refractivity contribution in [2.45, 2.75) is 51.5 Å². The van der Waals surface area contributed by atoms with Crippen molar-refractivity contribution in [3.63, 3.8) is 0 Å². The van der Waals surface area contributed by atoms with Gasteiger partial charge >= 0.3 is 0 Å². The molecule has 26 heavy (non-hydrogen) atoms. The number of benzene rings is 1. The molecule has 0 radical (unpaired) electrons. The largest absolute Gasteiger partial charge is 0.340 e. The normalized spacial score (nSPS) is 21.8. The van der Waals surface area contributed by atoms with Gasteiger partial charge in [0.05, 0.1) is 12.0 Å². The van der Waals surface area contributed by atoms with Crippen LogP contribution in [0, 0.1) is 0 Å². The molecule has 142 valence electrons. The molecule has 0 saturated carbocycles. The fourth-order valence-corrected chi connectivity index (χ4v) is 4.08. The fourth-order valence-electron chi connectivity index (χ4n) is 4.08. The predicted molar refractivity (Wildman–Crippen MR) is 103 cm³/mol. The lowest BCUT2D eigenvalue weighted by Gasteiger charge is -2.43. The molecule has 5 nitrogen and oxygen atoms in total. The van der Waals surface area contributed by atoms with Gasteiger partial charge in [-0.2, -0.15) is 0 Å². The van der Waals surface area contributed by atoms with Gasteiger partial charge in [-0.15, -0.1) is 0 Å². The van der Waals surface area contributed by atoms with Gasteiger partial charge in [-0.1, -0.05) is 31.2 Å². The molecule has 5 heteroatoms. The van der Waals surface area contributed by atoms with E-state index in [4.69, 9.17) is 0 Å². The summed E-state index contributed by atoms with van der Waals surface area (Å²) < 4.78 is 0. The highest BCUT2D eigenvalue weighted by Gasteiger charge is 2.38. The topological polar surface area (TPSA) is 52.7 Å². The van der Waals surface area contributed by atoms with Crippen LogP contribution in [0.1, 0.15) is 44.7 Å². The third kappa shape index (κ3) is 3.78. The van der Waals surface area contributed by atoms with Gasteiger partial charge in [0.25, 0.3) is 0 Å². The third-order valence-electron chi connectivity index (χ3n) is 5.87. The third-order valence-corrected chi connectivity index (χ3v) is 5.87. The zero-order chi connectivity index (χ0) is 18.7. The Balaban J connectivity index is 1.72. The quantitative estimate of drug-likeness (QED) is 0.896. The molecule has 2 heterocycles. The lowest BCUT2D eigenvalue weighted by Crippen LogP contribution is -2.58. The van der Waals surface area contributed by atoms with Crippen molar-refractivity contribution in [2.75, 3.05) is 32.7 Å². The Morgan fingerprint density at radius 3 is 2.62 bits per heavy atom. The molecule has 2 amide bonds. The van der Waals surface area contributed by atoms with Gasteiger partial charge in [-0.3, -0.25) is 9.59 Å². The van der Waals surface area contributed by atoms with Crippen molar-refractivity contribution in [1.82, 2.24) is 15.1 Å². The Bertz CT molecular complexity index is 654. The number of rotatable bonds is 4. The van der Waals surface area contributed by atoms with Crippen LogP contribution >= 0.6 is 0 Å². The van der Waals surface area contributed by atoms with Crippen molar-refractivity contribution in [3.05, 3.63) is 35.4 Å². The van der Waals surface area contributed by atoms with Gasteiger partial charge in [0.2, 0.25) is 11.8 Å². The molecular weight excluding hydrogens is 326 g/mol. The maximum Gasteiger partial charge on any atom is 0.236 e. The van der Waals surface area contributed by atoms with Crippen LogP contribution < -0.4 is 5.32 Å². The molecule has 1 aromatic rings. The van der Waals surface area contributed by atoms with E-state index in [1.165, 1.54) is 5.56 Å². The first-order valence-corrected chi connectivity index (χ1v) is 9.82. The number of nitrogens with one attached hydrogen (secondary N) is 1. The van der Waals surface area contributed by atoms with Crippen LogP contribution in [0.5, 0.6) is 0 Å². The number of carbonyl (C=O) groups excluding carboxylic acids is 2. The molecule has 0 bridgehead atoms. The highest BCUT2D eigenvalue weighted by atomic mass is 16.2. The minimum Gasteiger partial charge on any atom is -0.340 e. The zero-order valence-corrected chi connectivity index (χ0v) is 16.3. The summed E-state index contributed by atoms with van der Waals surface area (Å²) in [6.45, 7) is 9.59. The monoisotopic (exact) mass is 357 g/mol. The second-order valence-electron chi connectivity index (χ2n) is 7.99. The Labute approximate surface area is 156 Å². The van der Waals surface area contributed by atoms with Gasteiger partial charge in [0, 0.05) is 32.2 Å². The Hall–Kier alpha value is -1.88. The van der Waals surface area contributed by atoms with Crippen LogP contribution in [0.25, 0.3) is 0 Å². The molecule has 0 aromatic heterocycles. The number of piperidine rings is 1. The summed E-state index contributed by atoms with van der Waals surface area (Å²) in [6.07, 6.45) is 2.95. The van der Waals surface area contributed by atoms with Crippen molar-refractivity contribution in [1.29, 1.82) is 0 Å². The first-order valence-electron chi connectivity index (χ1n) is 9.82. The standard InChI is InChI=1S/C21H31N3O2/c1-4-16-7-9-17(10-8-16)21(2,3)20(26)23-12-5-6-18(15-23)24-13-11-22-14-19(24)25/h7-10,18,22H,4-6,11-15H2,1-3H3. The second kappa shape index (κ2) is 7.78. The Morgan fingerprint density at radius 1 is 1.23 bits per heavy atom. The molecular formula is C21H31N3O2. The Morgan fingerprint density at radius 2 is 1.96 bits per heavy atom. The van der Waals surface area contributed by atoms with E-state index in [0.717, 1.165) is 44.5 Å². The number of piperazine rings is 1. The predicted octanol–water partition coefficient (Wildman–Crippen LogP) is 1.95. The van der Waals surface area contributed by atoms with Gasteiger partial charge in [0.15, 0.2) is 0 Å². The number of carbonyl (C=O) groups is 2. The second-order valence-corrected chi connectivity index (χ2v) is 7.99. The van der Waals surface area contributed by atoms with E-state index in [-0.39, 0.29) is 17.9 Å². The summed E-state index contributed by atoms with van der Waals surface area (Å²) in [4.78, 5) is 29.4. The van der Waals surface area contributed by atoms with Crippen LogP contribution in [0.15, 0.2) is 24.3 Å². The van der Waals surface area contributed by atoms with Gasteiger partial charge in [-0.05, 0) is 44.2 Å². The molecule has 1 atom stereocenters. The van der Waals surface area contributed by atoms with Crippen molar-refractivity contribution in [3.8, 4) is 0 Å². The molecule has 2 fully saturated rings. The zero-order valence-electron chi connectivity index (χ0n) is 16.3. The molecule has 2 aliphatic rings. The number of amides is 2. The van der Waals surface area contributed by atoms with Crippen LogP contribution in [0.3, 0.4) is 0 Å².